The van der Waals surface area contributed by atoms with Crippen molar-refractivity contribution in [3.05, 3.63) is 34.9 Å². The maximum atomic E-state index is 13.0. The monoisotopic (exact) mass is 268 g/mol. The lowest BCUT2D eigenvalue weighted by Crippen LogP contribution is -2.42. The van der Waals surface area contributed by atoms with Crippen molar-refractivity contribution in [1.82, 2.24) is 0 Å². The van der Waals surface area contributed by atoms with Crippen molar-refractivity contribution in [2.75, 3.05) is 0 Å². The molecule has 0 spiro atoms. The van der Waals surface area contributed by atoms with Gasteiger partial charge in [-0.3, -0.25) is 0 Å². The van der Waals surface area contributed by atoms with Crippen LogP contribution in [-0.2, 0) is 18.0 Å². The smallest absolute Gasteiger partial charge is 0.382 e. The van der Waals surface area contributed by atoms with Gasteiger partial charge in [0.2, 0.25) is 0 Å². The standard InChI is InChI=1S/C11H9F5O2/c12-10(13,11(14,15)16)9(17)6-1-2-7-4-18-5-8(7)3-6/h1-3,9,17H,4-5H2. The molecule has 0 fully saturated rings. The molecular formula is C11H9F5O2. The van der Waals surface area contributed by atoms with Crippen molar-refractivity contribution in [1.29, 1.82) is 0 Å². The van der Waals surface area contributed by atoms with Crippen molar-refractivity contribution in [3.8, 4) is 0 Å². The molecule has 0 radical (unpaired) electrons. The number of halogens is 5. The largest absolute Gasteiger partial charge is 0.456 e. The Hall–Kier alpha value is -1.21. The van der Waals surface area contributed by atoms with E-state index in [1.54, 1.807) is 0 Å². The average Bonchev–Trinajstić information content (AvgIpc) is 2.73. The molecule has 1 aliphatic rings. The maximum absolute atomic E-state index is 13.0. The highest BCUT2D eigenvalue weighted by Crippen LogP contribution is 2.44. The normalized spacial score (nSPS) is 17.7. The molecule has 0 bridgehead atoms. The Balaban J connectivity index is 2.32. The molecule has 0 aromatic heterocycles. The van der Waals surface area contributed by atoms with Crippen LogP contribution in [0, 0.1) is 0 Å². The van der Waals surface area contributed by atoms with Crippen molar-refractivity contribution in [2.24, 2.45) is 0 Å². The van der Waals surface area contributed by atoms with Gasteiger partial charge in [-0.25, -0.2) is 0 Å². The molecule has 18 heavy (non-hydrogen) atoms. The van der Waals surface area contributed by atoms with Crippen LogP contribution >= 0.6 is 0 Å². The molecule has 1 aliphatic heterocycles. The van der Waals surface area contributed by atoms with Gasteiger partial charge in [0, 0.05) is 0 Å². The van der Waals surface area contributed by atoms with Crippen LogP contribution in [0.5, 0.6) is 0 Å². The lowest BCUT2D eigenvalue weighted by Gasteiger charge is -2.25. The fourth-order valence-electron chi connectivity index (χ4n) is 1.73. The Morgan fingerprint density at radius 3 is 2.28 bits per heavy atom. The topological polar surface area (TPSA) is 29.5 Å². The summed E-state index contributed by atoms with van der Waals surface area (Å²) in [6.45, 7) is 0.439. The van der Waals surface area contributed by atoms with Crippen LogP contribution < -0.4 is 0 Å². The van der Waals surface area contributed by atoms with E-state index in [0.29, 0.717) is 12.2 Å². The van der Waals surface area contributed by atoms with E-state index in [0.717, 1.165) is 17.7 Å². The first-order chi connectivity index (χ1) is 8.23. The predicted molar refractivity (Wildman–Crippen MR) is 50.9 cm³/mol. The number of ether oxygens (including phenoxy) is 1. The Morgan fingerprint density at radius 2 is 1.67 bits per heavy atom. The fraction of sp³-hybridized carbons (Fsp3) is 0.455. The summed E-state index contributed by atoms with van der Waals surface area (Å²) in [7, 11) is 0. The van der Waals surface area contributed by atoms with Gasteiger partial charge in [-0.1, -0.05) is 18.2 Å². The third kappa shape index (κ3) is 2.08. The van der Waals surface area contributed by atoms with Gasteiger partial charge in [0.1, 0.15) is 0 Å². The minimum absolute atomic E-state index is 0.146. The molecule has 1 unspecified atom stereocenters. The lowest BCUT2D eigenvalue weighted by atomic mass is 9.99. The van der Waals surface area contributed by atoms with E-state index in [1.807, 2.05) is 0 Å². The van der Waals surface area contributed by atoms with E-state index in [2.05, 4.69) is 0 Å². The molecule has 2 rings (SSSR count). The second-order valence-electron chi connectivity index (χ2n) is 4.04. The predicted octanol–water partition coefficient (Wildman–Crippen LogP) is 2.95. The third-order valence-corrected chi connectivity index (χ3v) is 2.78. The Labute approximate surface area is 99.0 Å². The molecule has 7 heteroatoms. The summed E-state index contributed by atoms with van der Waals surface area (Å²) in [5.41, 5.74) is 0.771. The van der Waals surface area contributed by atoms with Crippen molar-refractivity contribution in [3.63, 3.8) is 0 Å². The third-order valence-electron chi connectivity index (χ3n) is 2.78. The fourth-order valence-corrected chi connectivity index (χ4v) is 1.73. The van der Waals surface area contributed by atoms with Crippen LogP contribution in [0.1, 0.15) is 22.8 Å². The zero-order valence-corrected chi connectivity index (χ0v) is 8.97. The summed E-state index contributed by atoms with van der Waals surface area (Å²) in [5.74, 6) is -5.18. The highest BCUT2D eigenvalue weighted by Gasteiger charge is 2.62. The van der Waals surface area contributed by atoms with Crippen LogP contribution in [0.3, 0.4) is 0 Å². The number of hydrogen-bond acceptors (Lipinski definition) is 2. The zero-order valence-electron chi connectivity index (χ0n) is 8.97. The molecule has 1 N–H and O–H groups in total. The number of fused-ring (bicyclic) bond motifs is 1. The quantitative estimate of drug-likeness (QED) is 0.836. The molecule has 1 atom stereocenters. The summed E-state index contributed by atoms with van der Waals surface area (Å²) in [6.07, 6.45) is -8.70. The first-order valence-corrected chi connectivity index (χ1v) is 5.05. The number of hydrogen-bond donors (Lipinski definition) is 1. The van der Waals surface area contributed by atoms with E-state index < -0.39 is 23.8 Å². The van der Waals surface area contributed by atoms with Crippen molar-refractivity contribution < 1.29 is 31.8 Å². The van der Waals surface area contributed by atoms with Gasteiger partial charge in [0.15, 0.2) is 6.10 Å². The highest BCUT2D eigenvalue weighted by atomic mass is 19.4. The summed E-state index contributed by atoms with van der Waals surface area (Å²) in [6, 6.07) is 3.55. The van der Waals surface area contributed by atoms with Crippen LogP contribution in [-0.4, -0.2) is 17.2 Å². The van der Waals surface area contributed by atoms with Gasteiger partial charge < -0.3 is 9.84 Å². The van der Waals surface area contributed by atoms with Gasteiger partial charge >= 0.3 is 12.1 Å². The highest BCUT2D eigenvalue weighted by molar-refractivity contribution is 5.34. The number of aliphatic hydroxyl groups excluding tert-OH is 1. The average molecular weight is 268 g/mol. The summed E-state index contributed by atoms with van der Waals surface area (Å²) < 4.78 is 67.2. The van der Waals surface area contributed by atoms with E-state index in [4.69, 9.17) is 4.74 Å². The molecule has 0 saturated heterocycles. The second kappa shape index (κ2) is 4.17. The van der Waals surface area contributed by atoms with Crippen LogP contribution in [0.4, 0.5) is 22.0 Å². The molecule has 1 aromatic rings. The second-order valence-corrected chi connectivity index (χ2v) is 4.04. The van der Waals surface area contributed by atoms with Gasteiger partial charge in [-0.15, -0.1) is 0 Å². The Kier molecular flexibility index (Phi) is 3.06. The number of alkyl halides is 5. The molecule has 100 valence electrons. The van der Waals surface area contributed by atoms with E-state index >= 15 is 0 Å². The maximum Gasteiger partial charge on any atom is 0.456 e. The summed E-state index contributed by atoms with van der Waals surface area (Å²) >= 11 is 0. The van der Waals surface area contributed by atoms with Gasteiger partial charge in [-0.05, 0) is 16.7 Å². The van der Waals surface area contributed by atoms with Crippen molar-refractivity contribution >= 4 is 0 Å². The molecule has 1 aromatic carbocycles. The van der Waals surface area contributed by atoms with E-state index in [-0.39, 0.29) is 6.61 Å². The van der Waals surface area contributed by atoms with Crippen molar-refractivity contribution in [2.45, 2.75) is 31.4 Å². The Morgan fingerprint density at radius 1 is 1.06 bits per heavy atom. The number of aliphatic hydroxyl groups is 1. The molecule has 2 nitrogen and oxygen atoms in total. The van der Waals surface area contributed by atoms with Crippen LogP contribution in [0.25, 0.3) is 0 Å². The molecule has 0 amide bonds. The SMILES string of the molecule is OC(c1ccc2c(c1)COC2)C(F)(F)C(F)(F)F. The molecular weight excluding hydrogens is 259 g/mol. The van der Waals surface area contributed by atoms with Crippen LogP contribution in [0.15, 0.2) is 18.2 Å². The minimum Gasteiger partial charge on any atom is -0.382 e. The minimum atomic E-state index is -5.79. The first kappa shape index (κ1) is 13.2. The summed E-state index contributed by atoms with van der Waals surface area (Å²) in [5, 5.41) is 9.20. The van der Waals surface area contributed by atoms with E-state index in [9.17, 15) is 27.1 Å². The van der Waals surface area contributed by atoms with Gasteiger partial charge in [0.05, 0.1) is 13.2 Å². The number of rotatable bonds is 2. The van der Waals surface area contributed by atoms with Gasteiger partial charge in [0.25, 0.3) is 0 Å². The first-order valence-electron chi connectivity index (χ1n) is 5.05. The van der Waals surface area contributed by atoms with E-state index in [1.165, 1.54) is 6.07 Å². The van der Waals surface area contributed by atoms with Crippen LogP contribution in [0.2, 0.25) is 0 Å². The molecule has 1 heterocycles. The van der Waals surface area contributed by atoms with Gasteiger partial charge in [-0.2, -0.15) is 22.0 Å². The summed E-state index contributed by atoms with van der Waals surface area (Å²) in [4.78, 5) is 0. The number of benzene rings is 1. The molecule has 0 saturated carbocycles. The Bertz CT molecular complexity index is 455. The molecule has 0 aliphatic carbocycles. The zero-order chi connectivity index (χ0) is 13.6. The lowest BCUT2D eigenvalue weighted by molar-refractivity contribution is -0.315.